The van der Waals surface area contributed by atoms with Crippen LogP contribution in [-0.4, -0.2) is 162 Å². The normalized spacial score (nSPS) is 30.0. The third-order valence-corrected chi connectivity index (χ3v) is 11.5. The van der Waals surface area contributed by atoms with Gasteiger partial charge in [-0.1, -0.05) is 109 Å². The number of carbonyl (C=O) groups is 4. The summed E-state index contributed by atoms with van der Waals surface area (Å²) in [7, 11) is 1.39. The summed E-state index contributed by atoms with van der Waals surface area (Å²) in [4.78, 5) is 48.9. The zero-order valence-corrected chi connectivity index (χ0v) is 34.4. The lowest BCUT2D eigenvalue weighted by molar-refractivity contribution is -0.354. The summed E-state index contributed by atoms with van der Waals surface area (Å²) in [6.45, 7) is -0.569. The lowest BCUT2D eigenvalue weighted by Gasteiger charge is -2.45. The Morgan fingerprint density at radius 2 is 1.12 bits per heavy atom. The van der Waals surface area contributed by atoms with Crippen molar-refractivity contribution in [1.82, 2.24) is 4.90 Å². The molecule has 0 aromatic heterocycles. The maximum atomic E-state index is 12.5. The molecule has 340 valence electrons. The van der Waals surface area contributed by atoms with Crippen LogP contribution in [0.5, 0.6) is 0 Å². The van der Waals surface area contributed by atoms with E-state index in [4.69, 9.17) is 24.1 Å². The molecule has 0 aliphatic carbocycles. The van der Waals surface area contributed by atoms with Gasteiger partial charge in [-0.15, -0.1) is 0 Å². The summed E-state index contributed by atoms with van der Waals surface area (Å²) < 4.78 is 21.6. The van der Waals surface area contributed by atoms with Crippen LogP contribution in [0.25, 0.3) is 0 Å². The van der Waals surface area contributed by atoms with Gasteiger partial charge in [0.05, 0.1) is 13.0 Å². The summed E-state index contributed by atoms with van der Waals surface area (Å²) in [5.74, 6) is -4.15. The van der Waals surface area contributed by atoms with Crippen molar-refractivity contribution >= 4 is 23.6 Å². The van der Waals surface area contributed by atoms with Crippen molar-refractivity contribution in [1.29, 1.82) is 0 Å². The van der Waals surface area contributed by atoms with E-state index in [9.17, 15) is 60.0 Å². The molecule has 3 rings (SSSR count). The molecule has 0 radical (unpaired) electrons. The molecule has 11 atom stereocenters. The molecule has 2 fully saturated rings. The number of aliphatic carboxylic acids is 2. The highest BCUT2D eigenvalue weighted by Gasteiger charge is 2.53. The summed E-state index contributed by atoms with van der Waals surface area (Å²) in [6.07, 6.45) is 3.29. The molecule has 3 aliphatic heterocycles. The molecule has 0 bridgehead atoms. The lowest BCUT2D eigenvalue weighted by Crippen LogP contribution is -2.65. The Labute approximate surface area is 346 Å². The smallest absolute Gasteiger partial charge is 0.335 e. The number of likely N-dealkylation sites (N-methyl/N-ethyl adjacent to an activating group) is 1. The fourth-order valence-electron chi connectivity index (χ4n) is 7.82. The summed E-state index contributed by atoms with van der Waals surface area (Å²) >= 11 is 0. The number of nitrogens with zero attached hydrogens (tertiary/aromatic N) is 1. The monoisotopic (exact) mass is 847 g/mol. The molecule has 0 aromatic carbocycles. The van der Waals surface area contributed by atoms with E-state index in [2.05, 4.69) is 0 Å². The highest BCUT2D eigenvalue weighted by atomic mass is 16.7. The predicted octanol–water partition coefficient (Wildman–Crippen LogP) is 2.22. The third-order valence-electron chi connectivity index (χ3n) is 11.5. The minimum Gasteiger partial charge on any atom is -0.509 e. The fourth-order valence-corrected chi connectivity index (χ4v) is 7.82. The first kappa shape index (κ1) is 50.6. The number of carboxylic acids is 2. The molecule has 11 unspecified atom stereocenters. The molecule has 0 aromatic rings. The quantitative estimate of drug-likeness (QED) is 0.0370. The number of aliphatic hydroxyl groups excluding tert-OH is 7. The minimum atomic E-state index is -1.84. The molecular formula is C41H69NO17. The number of carbonyl (C=O) groups excluding carboxylic acids is 2. The van der Waals surface area contributed by atoms with E-state index < -0.39 is 110 Å². The average Bonchev–Trinajstić information content (AvgIpc) is 3.41. The van der Waals surface area contributed by atoms with Crippen LogP contribution in [0.3, 0.4) is 0 Å². The van der Waals surface area contributed by atoms with Gasteiger partial charge in [-0.25, -0.2) is 4.79 Å². The Morgan fingerprint density at radius 1 is 0.644 bits per heavy atom. The number of carboxylic acid groups (broad SMARTS) is 2. The van der Waals surface area contributed by atoms with Gasteiger partial charge in [0.1, 0.15) is 60.1 Å². The molecular weight excluding hydrogens is 778 g/mol. The van der Waals surface area contributed by atoms with Crippen molar-refractivity contribution in [2.75, 3.05) is 20.3 Å². The van der Waals surface area contributed by atoms with Crippen LogP contribution in [0.1, 0.15) is 135 Å². The van der Waals surface area contributed by atoms with Gasteiger partial charge in [0.2, 0.25) is 0 Å². The minimum absolute atomic E-state index is 0.164. The lowest BCUT2D eigenvalue weighted by atomic mass is 9.97. The third kappa shape index (κ3) is 15.6. The van der Waals surface area contributed by atoms with Gasteiger partial charge in [-0.2, -0.15) is 0 Å². The Balaban J connectivity index is 1.11. The van der Waals surface area contributed by atoms with Crippen LogP contribution in [0.4, 0.5) is 0 Å². The second-order valence-electron chi connectivity index (χ2n) is 16.1. The van der Waals surface area contributed by atoms with E-state index in [0.717, 1.165) is 56.3 Å². The first-order chi connectivity index (χ1) is 28.2. The van der Waals surface area contributed by atoms with Crippen LogP contribution in [0.15, 0.2) is 11.3 Å². The largest absolute Gasteiger partial charge is 0.509 e. The van der Waals surface area contributed by atoms with Gasteiger partial charge in [0.15, 0.2) is 24.5 Å². The van der Waals surface area contributed by atoms with Gasteiger partial charge in [-0.3, -0.25) is 14.4 Å². The van der Waals surface area contributed by atoms with E-state index in [-0.39, 0.29) is 18.6 Å². The number of amides is 1. The number of ether oxygens (including phenoxy) is 4. The van der Waals surface area contributed by atoms with E-state index in [1.54, 1.807) is 0 Å². The Hall–Kier alpha value is -2.78. The van der Waals surface area contributed by atoms with E-state index in [1.807, 2.05) is 0 Å². The standard InChI is InChI=1S/C41H69NO17/c1-42-25(23-28(45)46)30(47)29(38(42)53)26(44)21-19-17-15-13-11-9-7-5-3-2-4-6-8-10-12-14-16-18-20-22-56-40-35(52)33(50)36(37(59-40)39(54)55)58-41-34(51)32(49)31(48)27(24-43)57-41/h25,27,31-37,40-41,43,47-52H,2-24H2,1H3,(H,45,46)(H,54,55). The second kappa shape index (κ2) is 26.5. The fraction of sp³-hybridized carbons (Fsp3) is 0.854. The number of rotatable bonds is 30. The van der Waals surface area contributed by atoms with Gasteiger partial charge < -0.3 is 69.8 Å². The van der Waals surface area contributed by atoms with Crippen LogP contribution >= 0.6 is 0 Å². The summed E-state index contributed by atoms with van der Waals surface area (Å²) in [5, 5.41) is 89.9. The molecule has 18 heteroatoms. The van der Waals surface area contributed by atoms with E-state index >= 15 is 0 Å². The van der Waals surface area contributed by atoms with Crippen LogP contribution in [-0.2, 0) is 38.1 Å². The Bertz CT molecular complexity index is 1330. The maximum Gasteiger partial charge on any atom is 0.335 e. The molecule has 0 saturated carbocycles. The predicted molar refractivity (Wildman–Crippen MR) is 209 cm³/mol. The SMILES string of the molecule is CN1C(=O)C(C(=O)CCCCCCCCCCCCCCCCCCCCCOC2OC(C(=O)O)C(OC3OC(CO)C(O)C(O)C3O)C(O)C2O)=C(O)C1CC(=O)O. The molecule has 18 nitrogen and oxygen atoms in total. The number of hydrogen-bond acceptors (Lipinski definition) is 15. The van der Waals surface area contributed by atoms with Gasteiger partial charge in [0.25, 0.3) is 5.91 Å². The number of hydrogen-bond donors (Lipinski definition) is 9. The summed E-state index contributed by atoms with van der Waals surface area (Å²) in [5.41, 5.74) is -0.265. The molecule has 59 heavy (non-hydrogen) atoms. The average molecular weight is 848 g/mol. The first-order valence-corrected chi connectivity index (χ1v) is 21.5. The van der Waals surface area contributed by atoms with Crippen molar-refractivity contribution in [3.05, 3.63) is 11.3 Å². The number of aliphatic hydroxyl groups is 7. The van der Waals surface area contributed by atoms with Crippen molar-refractivity contribution in [2.24, 2.45) is 0 Å². The topological polar surface area (TPSA) is 291 Å². The van der Waals surface area contributed by atoms with Gasteiger partial charge in [-0.05, 0) is 12.8 Å². The maximum absolute atomic E-state index is 12.5. The van der Waals surface area contributed by atoms with E-state index in [1.165, 1.54) is 64.8 Å². The summed E-state index contributed by atoms with van der Waals surface area (Å²) in [6, 6.07) is -0.987. The Kier molecular flexibility index (Phi) is 22.7. The van der Waals surface area contributed by atoms with Gasteiger partial charge >= 0.3 is 11.9 Å². The molecule has 9 N–H and O–H groups in total. The van der Waals surface area contributed by atoms with Crippen molar-refractivity contribution < 1.29 is 84.1 Å². The van der Waals surface area contributed by atoms with Crippen LogP contribution in [0, 0.1) is 0 Å². The first-order valence-electron chi connectivity index (χ1n) is 21.5. The number of Topliss-reactive ketones (excluding diaryl/α,β-unsaturated/α-hetero) is 1. The van der Waals surface area contributed by atoms with Crippen molar-refractivity contribution in [2.45, 2.75) is 202 Å². The Morgan fingerprint density at radius 3 is 1.59 bits per heavy atom. The van der Waals surface area contributed by atoms with Crippen molar-refractivity contribution in [3.8, 4) is 0 Å². The van der Waals surface area contributed by atoms with E-state index in [0.29, 0.717) is 12.8 Å². The number of ketones is 1. The molecule has 0 spiro atoms. The van der Waals surface area contributed by atoms with Crippen molar-refractivity contribution in [3.63, 3.8) is 0 Å². The second-order valence-corrected chi connectivity index (χ2v) is 16.1. The zero-order chi connectivity index (χ0) is 43.5. The molecule has 1 amide bonds. The van der Waals surface area contributed by atoms with Crippen LogP contribution < -0.4 is 0 Å². The highest BCUT2D eigenvalue weighted by Crippen LogP contribution is 2.31. The number of unbranched alkanes of at least 4 members (excludes halogenated alkanes) is 18. The molecule has 3 heterocycles. The highest BCUT2D eigenvalue weighted by molar-refractivity contribution is 6.21. The van der Waals surface area contributed by atoms with Crippen LogP contribution in [0.2, 0.25) is 0 Å². The molecule has 3 aliphatic rings. The zero-order valence-electron chi connectivity index (χ0n) is 34.4. The van der Waals surface area contributed by atoms with Gasteiger partial charge in [0, 0.05) is 20.1 Å². The molecule has 2 saturated heterocycles.